The molecular formula is C16H20N4O2. The van der Waals surface area contributed by atoms with Crippen molar-refractivity contribution in [1.29, 1.82) is 0 Å². The lowest BCUT2D eigenvalue weighted by molar-refractivity contribution is 0.0672. The predicted octanol–water partition coefficient (Wildman–Crippen LogP) is 1.90. The minimum Gasteiger partial charge on any atom is -0.380 e. The van der Waals surface area contributed by atoms with Crippen molar-refractivity contribution in [2.75, 3.05) is 20.2 Å². The van der Waals surface area contributed by atoms with Gasteiger partial charge in [-0.05, 0) is 30.5 Å². The fraction of sp³-hybridized carbons (Fsp3) is 0.438. The average Bonchev–Trinajstić information content (AvgIpc) is 3.10. The third-order valence-corrected chi connectivity index (χ3v) is 4.01. The van der Waals surface area contributed by atoms with Crippen molar-refractivity contribution in [3.8, 4) is 0 Å². The zero-order chi connectivity index (χ0) is 15.4. The minimum atomic E-state index is 0.0776. The third kappa shape index (κ3) is 3.17. The number of carbonyl (C=O) groups is 1. The summed E-state index contributed by atoms with van der Waals surface area (Å²) in [5.41, 5.74) is 1.79. The first-order valence-corrected chi connectivity index (χ1v) is 7.49. The van der Waals surface area contributed by atoms with Crippen LogP contribution in [0.5, 0.6) is 0 Å². The maximum absolute atomic E-state index is 12.6. The van der Waals surface area contributed by atoms with Crippen LogP contribution in [-0.4, -0.2) is 45.8 Å². The van der Waals surface area contributed by atoms with E-state index in [2.05, 4.69) is 10.1 Å². The number of benzene rings is 1. The molecule has 0 radical (unpaired) electrons. The summed E-state index contributed by atoms with van der Waals surface area (Å²) in [5.74, 6) is 0.0776. The van der Waals surface area contributed by atoms with Crippen LogP contribution in [0.1, 0.15) is 34.8 Å². The van der Waals surface area contributed by atoms with Gasteiger partial charge in [0.2, 0.25) is 0 Å². The van der Waals surface area contributed by atoms with Gasteiger partial charge in [0.15, 0.2) is 0 Å². The molecule has 1 aromatic heterocycles. The molecule has 1 saturated heterocycles. The molecule has 1 fully saturated rings. The standard InChI is InChI=1S/C16H20N4O2/c1-22-10-13-4-6-14(7-5-13)16(21)19-8-2-3-15(9-19)20-12-17-11-18-20/h4-7,11-12,15H,2-3,8-10H2,1H3. The number of nitrogens with zero attached hydrogens (tertiary/aromatic N) is 4. The van der Waals surface area contributed by atoms with Crippen molar-refractivity contribution in [3.05, 3.63) is 48.0 Å². The first-order valence-electron chi connectivity index (χ1n) is 7.49. The Kier molecular flexibility index (Phi) is 4.48. The van der Waals surface area contributed by atoms with Crippen LogP contribution in [-0.2, 0) is 11.3 Å². The molecule has 0 saturated carbocycles. The van der Waals surface area contributed by atoms with E-state index in [1.54, 1.807) is 13.4 Å². The van der Waals surface area contributed by atoms with Crippen molar-refractivity contribution in [3.63, 3.8) is 0 Å². The Labute approximate surface area is 129 Å². The number of likely N-dealkylation sites (tertiary alicyclic amines) is 1. The van der Waals surface area contributed by atoms with Gasteiger partial charge < -0.3 is 9.64 Å². The Morgan fingerprint density at radius 1 is 1.36 bits per heavy atom. The third-order valence-electron chi connectivity index (χ3n) is 4.01. The van der Waals surface area contributed by atoms with Gasteiger partial charge in [0.25, 0.3) is 5.91 Å². The van der Waals surface area contributed by atoms with Crippen molar-refractivity contribution in [2.45, 2.75) is 25.5 Å². The summed E-state index contributed by atoms with van der Waals surface area (Å²) in [5, 5.41) is 4.19. The number of amides is 1. The van der Waals surface area contributed by atoms with Gasteiger partial charge >= 0.3 is 0 Å². The molecule has 1 unspecified atom stereocenters. The maximum atomic E-state index is 12.6. The van der Waals surface area contributed by atoms with Gasteiger partial charge in [-0.1, -0.05) is 12.1 Å². The molecule has 2 aromatic rings. The van der Waals surface area contributed by atoms with E-state index in [1.165, 1.54) is 6.33 Å². The normalized spacial score (nSPS) is 18.4. The molecule has 2 heterocycles. The lowest BCUT2D eigenvalue weighted by Gasteiger charge is -2.32. The van der Waals surface area contributed by atoms with E-state index in [4.69, 9.17) is 4.74 Å². The van der Waals surface area contributed by atoms with Crippen LogP contribution >= 0.6 is 0 Å². The summed E-state index contributed by atoms with van der Waals surface area (Å²) in [6.45, 7) is 2.04. The van der Waals surface area contributed by atoms with Crippen LogP contribution in [0.4, 0.5) is 0 Å². The Bertz CT molecular complexity index is 610. The van der Waals surface area contributed by atoms with Crippen molar-refractivity contribution in [2.24, 2.45) is 0 Å². The molecule has 22 heavy (non-hydrogen) atoms. The van der Waals surface area contributed by atoms with Gasteiger partial charge in [-0.3, -0.25) is 4.79 Å². The number of rotatable bonds is 4. The maximum Gasteiger partial charge on any atom is 0.253 e. The Balaban J connectivity index is 1.68. The van der Waals surface area contributed by atoms with Crippen LogP contribution in [0.15, 0.2) is 36.9 Å². The number of aromatic nitrogens is 3. The quantitative estimate of drug-likeness (QED) is 0.865. The van der Waals surface area contributed by atoms with Gasteiger partial charge in [0.05, 0.1) is 12.6 Å². The SMILES string of the molecule is COCc1ccc(C(=O)N2CCCC(n3cncn3)C2)cc1. The van der Waals surface area contributed by atoms with E-state index in [0.29, 0.717) is 13.2 Å². The lowest BCUT2D eigenvalue weighted by Crippen LogP contribution is -2.40. The highest BCUT2D eigenvalue weighted by Crippen LogP contribution is 2.22. The largest absolute Gasteiger partial charge is 0.380 e. The van der Waals surface area contributed by atoms with Crippen molar-refractivity contribution < 1.29 is 9.53 Å². The Hall–Kier alpha value is -2.21. The summed E-state index contributed by atoms with van der Waals surface area (Å²) in [6, 6.07) is 7.84. The van der Waals surface area contributed by atoms with E-state index in [-0.39, 0.29) is 11.9 Å². The Morgan fingerprint density at radius 2 is 2.18 bits per heavy atom. The van der Waals surface area contributed by atoms with Crippen molar-refractivity contribution in [1.82, 2.24) is 19.7 Å². The first-order chi connectivity index (χ1) is 10.8. The molecule has 1 aliphatic heterocycles. The summed E-state index contributed by atoms with van der Waals surface area (Å²) in [6.07, 6.45) is 5.27. The molecule has 3 rings (SSSR count). The summed E-state index contributed by atoms with van der Waals surface area (Å²) in [7, 11) is 1.66. The number of ether oxygens (including phenoxy) is 1. The smallest absolute Gasteiger partial charge is 0.253 e. The highest BCUT2D eigenvalue weighted by Gasteiger charge is 2.25. The molecule has 0 N–H and O–H groups in total. The van der Waals surface area contributed by atoms with E-state index >= 15 is 0 Å². The van der Waals surface area contributed by atoms with Crippen LogP contribution in [0, 0.1) is 0 Å². The van der Waals surface area contributed by atoms with Crippen LogP contribution < -0.4 is 0 Å². The molecule has 6 nitrogen and oxygen atoms in total. The second-order valence-corrected chi connectivity index (χ2v) is 5.55. The molecular weight excluding hydrogens is 280 g/mol. The van der Waals surface area contributed by atoms with E-state index in [1.807, 2.05) is 33.8 Å². The van der Waals surface area contributed by atoms with Crippen LogP contribution in [0.3, 0.4) is 0 Å². The molecule has 0 aliphatic carbocycles. The molecule has 0 bridgehead atoms. The summed E-state index contributed by atoms with van der Waals surface area (Å²) in [4.78, 5) is 18.5. The summed E-state index contributed by atoms with van der Waals surface area (Å²) < 4.78 is 6.94. The van der Waals surface area contributed by atoms with E-state index in [0.717, 1.165) is 30.5 Å². The fourth-order valence-electron chi connectivity index (χ4n) is 2.85. The van der Waals surface area contributed by atoms with Crippen LogP contribution in [0.25, 0.3) is 0 Å². The molecule has 0 spiro atoms. The summed E-state index contributed by atoms with van der Waals surface area (Å²) >= 11 is 0. The molecule has 1 atom stereocenters. The highest BCUT2D eigenvalue weighted by atomic mass is 16.5. The number of piperidine rings is 1. The van der Waals surface area contributed by atoms with Gasteiger partial charge in [0.1, 0.15) is 12.7 Å². The number of carbonyl (C=O) groups excluding carboxylic acids is 1. The minimum absolute atomic E-state index is 0.0776. The number of hydrogen-bond donors (Lipinski definition) is 0. The monoisotopic (exact) mass is 300 g/mol. The first kappa shape index (κ1) is 14.7. The second kappa shape index (κ2) is 6.70. The molecule has 1 amide bonds. The van der Waals surface area contributed by atoms with Gasteiger partial charge in [-0.25, -0.2) is 9.67 Å². The number of hydrogen-bond acceptors (Lipinski definition) is 4. The van der Waals surface area contributed by atoms with Crippen molar-refractivity contribution >= 4 is 5.91 Å². The molecule has 116 valence electrons. The molecule has 1 aromatic carbocycles. The number of methoxy groups -OCH3 is 1. The highest BCUT2D eigenvalue weighted by molar-refractivity contribution is 5.94. The van der Waals surface area contributed by atoms with Gasteiger partial charge in [-0.15, -0.1) is 0 Å². The topological polar surface area (TPSA) is 60.2 Å². The van der Waals surface area contributed by atoms with Gasteiger partial charge in [-0.2, -0.15) is 5.10 Å². The Morgan fingerprint density at radius 3 is 2.86 bits per heavy atom. The van der Waals surface area contributed by atoms with E-state index < -0.39 is 0 Å². The zero-order valence-corrected chi connectivity index (χ0v) is 12.7. The van der Waals surface area contributed by atoms with Crippen LogP contribution in [0.2, 0.25) is 0 Å². The average molecular weight is 300 g/mol. The van der Waals surface area contributed by atoms with Gasteiger partial charge in [0, 0.05) is 25.8 Å². The lowest BCUT2D eigenvalue weighted by atomic mass is 10.0. The predicted molar refractivity (Wildman–Crippen MR) is 81.4 cm³/mol. The molecule has 1 aliphatic rings. The van der Waals surface area contributed by atoms with E-state index in [9.17, 15) is 4.79 Å². The second-order valence-electron chi connectivity index (χ2n) is 5.55. The fourth-order valence-corrected chi connectivity index (χ4v) is 2.85. The molecule has 6 heteroatoms. The zero-order valence-electron chi connectivity index (χ0n) is 12.7.